The molecule has 110 valence electrons. The molecule has 0 fully saturated rings. The quantitative estimate of drug-likeness (QED) is 0.745. The van der Waals surface area contributed by atoms with Crippen LogP contribution in [0.25, 0.3) is 11.0 Å². The highest BCUT2D eigenvalue weighted by Gasteiger charge is 2.18. The Morgan fingerprint density at radius 2 is 2.10 bits per heavy atom. The number of hydrogen-bond acceptors (Lipinski definition) is 2. The van der Waals surface area contributed by atoms with Gasteiger partial charge >= 0.3 is 0 Å². The highest BCUT2D eigenvalue weighted by Crippen LogP contribution is 2.32. The molecule has 0 atom stereocenters. The molecule has 20 heavy (non-hydrogen) atoms. The summed E-state index contributed by atoms with van der Waals surface area (Å²) in [5, 5.41) is 4.22. The van der Waals surface area contributed by atoms with Crippen molar-refractivity contribution in [3.8, 4) is 0 Å². The Hall–Kier alpha value is -0.870. The van der Waals surface area contributed by atoms with E-state index in [2.05, 4.69) is 42.0 Å². The minimum Gasteiger partial charge on any atom is -0.456 e. The van der Waals surface area contributed by atoms with Crippen molar-refractivity contribution in [3.05, 3.63) is 33.7 Å². The van der Waals surface area contributed by atoms with Gasteiger partial charge in [0.25, 0.3) is 0 Å². The minimum absolute atomic E-state index is 0.305. The average molecular weight is 342 g/mol. The third kappa shape index (κ3) is 3.41. The summed E-state index contributed by atoms with van der Waals surface area (Å²) in [4.78, 5) is 0. The molecule has 0 amide bonds. The summed E-state index contributed by atoms with van der Waals surface area (Å²) in [5.41, 5.74) is 1.50. The highest BCUT2D eigenvalue weighted by atomic mass is 79.9. The lowest BCUT2D eigenvalue weighted by Crippen LogP contribution is -2.14. The van der Waals surface area contributed by atoms with Crippen molar-refractivity contribution >= 4 is 26.9 Å². The van der Waals surface area contributed by atoms with Crippen molar-refractivity contribution in [2.75, 3.05) is 6.54 Å². The number of halogens is 2. The van der Waals surface area contributed by atoms with Gasteiger partial charge < -0.3 is 9.73 Å². The molecule has 1 heterocycles. The lowest BCUT2D eigenvalue weighted by atomic mass is 9.99. The van der Waals surface area contributed by atoms with Gasteiger partial charge in [0.15, 0.2) is 11.4 Å². The molecule has 0 bridgehead atoms. The normalized spacial score (nSPS) is 11.7. The van der Waals surface area contributed by atoms with E-state index in [0.717, 1.165) is 40.6 Å². The maximum atomic E-state index is 14.0. The minimum atomic E-state index is -0.305. The second-order valence-electron chi connectivity index (χ2n) is 5.54. The van der Waals surface area contributed by atoms with Crippen molar-refractivity contribution in [2.24, 2.45) is 5.92 Å². The van der Waals surface area contributed by atoms with E-state index in [4.69, 9.17) is 4.42 Å². The molecule has 2 aromatic rings. The summed E-state index contributed by atoms with van der Waals surface area (Å²) in [6.45, 7) is 8.04. The molecule has 0 aliphatic carbocycles. The number of benzene rings is 1. The summed E-state index contributed by atoms with van der Waals surface area (Å²) in [7, 11) is 0. The maximum absolute atomic E-state index is 14.0. The molecular formula is C16H21BrFNO. The van der Waals surface area contributed by atoms with Crippen LogP contribution < -0.4 is 5.32 Å². The van der Waals surface area contributed by atoms with E-state index >= 15 is 0 Å². The monoisotopic (exact) mass is 341 g/mol. The lowest BCUT2D eigenvalue weighted by molar-refractivity contribution is 0.485. The van der Waals surface area contributed by atoms with Crippen LogP contribution in [0.1, 0.15) is 38.5 Å². The summed E-state index contributed by atoms with van der Waals surface area (Å²) >= 11 is 3.36. The smallest absolute Gasteiger partial charge is 0.170 e. The van der Waals surface area contributed by atoms with Gasteiger partial charge in [-0.25, -0.2) is 4.39 Å². The van der Waals surface area contributed by atoms with Crippen LogP contribution in [0.5, 0.6) is 0 Å². The van der Waals surface area contributed by atoms with Gasteiger partial charge in [0.2, 0.25) is 0 Å². The predicted molar refractivity (Wildman–Crippen MR) is 84.4 cm³/mol. The Morgan fingerprint density at radius 3 is 2.75 bits per heavy atom. The highest BCUT2D eigenvalue weighted by molar-refractivity contribution is 9.10. The molecule has 2 rings (SSSR count). The first kappa shape index (κ1) is 15.5. The van der Waals surface area contributed by atoms with Gasteiger partial charge in [-0.1, -0.05) is 36.7 Å². The van der Waals surface area contributed by atoms with Gasteiger partial charge in [0, 0.05) is 15.4 Å². The molecule has 2 nitrogen and oxygen atoms in total. The maximum Gasteiger partial charge on any atom is 0.170 e. The zero-order chi connectivity index (χ0) is 14.7. The van der Waals surface area contributed by atoms with Gasteiger partial charge in [-0.15, -0.1) is 0 Å². The first-order valence-corrected chi connectivity index (χ1v) is 7.92. The molecule has 0 aliphatic rings. The van der Waals surface area contributed by atoms with Gasteiger partial charge in [-0.2, -0.15) is 0 Å². The topological polar surface area (TPSA) is 25.2 Å². The first-order valence-electron chi connectivity index (χ1n) is 7.13. The van der Waals surface area contributed by atoms with Crippen LogP contribution in [0.3, 0.4) is 0 Å². The van der Waals surface area contributed by atoms with Gasteiger partial charge in [0.05, 0.1) is 6.54 Å². The second-order valence-corrected chi connectivity index (χ2v) is 6.46. The Labute approximate surface area is 127 Å². The Morgan fingerprint density at radius 1 is 1.35 bits per heavy atom. The second kappa shape index (κ2) is 6.72. The Kier molecular flexibility index (Phi) is 5.22. The lowest BCUT2D eigenvalue weighted by Gasteiger charge is -2.07. The van der Waals surface area contributed by atoms with Crippen molar-refractivity contribution in [2.45, 2.75) is 40.2 Å². The number of fused-ring (bicyclic) bond motifs is 1. The molecule has 1 N–H and O–H groups in total. The number of hydrogen-bond donors (Lipinski definition) is 1. The van der Waals surface area contributed by atoms with E-state index < -0.39 is 0 Å². The fraction of sp³-hybridized carbons (Fsp3) is 0.500. The molecule has 0 radical (unpaired) electrons. The largest absolute Gasteiger partial charge is 0.456 e. The van der Waals surface area contributed by atoms with E-state index in [9.17, 15) is 4.39 Å². The molecule has 0 unspecified atom stereocenters. The van der Waals surface area contributed by atoms with E-state index in [0.29, 0.717) is 18.0 Å². The van der Waals surface area contributed by atoms with Gasteiger partial charge in [-0.3, -0.25) is 0 Å². The van der Waals surface area contributed by atoms with Crippen molar-refractivity contribution in [1.82, 2.24) is 5.32 Å². The third-order valence-corrected chi connectivity index (χ3v) is 3.68. The average Bonchev–Trinajstić information content (AvgIpc) is 2.68. The van der Waals surface area contributed by atoms with E-state index in [-0.39, 0.29) is 5.82 Å². The fourth-order valence-corrected chi connectivity index (χ4v) is 2.81. The molecule has 1 aromatic heterocycles. The SMILES string of the molecule is CCCNCc1oc2c(F)cc(Br)cc2c1CC(C)C. The van der Waals surface area contributed by atoms with Crippen LogP contribution in [-0.4, -0.2) is 6.54 Å². The van der Waals surface area contributed by atoms with E-state index in [1.165, 1.54) is 6.07 Å². The summed E-state index contributed by atoms with van der Waals surface area (Å²) in [5.74, 6) is 1.06. The van der Waals surface area contributed by atoms with E-state index in [1.807, 2.05) is 6.07 Å². The van der Waals surface area contributed by atoms with Crippen molar-refractivity contribution in [1.29, 1.82) is 0 Å². The van der Waals surface area contributed by atoms with Crippen LogP contribution in [0, 0.1) is 11.7 Å². The summed E-state index contributed by atoms with van der Waals surface area (Å²) in [6, 6.07) is 3.40. The van der Waals surface area contributed by atoms with Crippen molar-refractivity contribution in [3.63, 3.8) is 0 Å². The number of furan rings is 1. The number of nitrogens with one attached hydrogen (secondary N) is 1. The molecule has 4 heteroatoms. The zero-order valence-corrected chi connectivity index (χ0v) is 13.8. The van der Waals surface area contributed by atoms with Gasteiger partial charge in [-0.05, 0) is 37.4 Å². The molecule has 0 spiro atoms. The summed E-state index contributed by atoms with van der Waals surface area (Å²) in [6.07, 6.45) is 1.96. The number of rotatable bonds is 6. The van der Waals surface area contributed by atoms with Crippen LogP contribution in [0.2, 0.25) is 0 Å². The van der Waals surface area contributed by atoms with Crippen LogP contribution in [0.4, 0.5) is 4.39 Å². The molecule has 0 saturated carbocycles. The molecule has 0 saturated heterocycles. The van der Waals surface area contributed by atoms with Crippen LogP contribution in [0.15, 0.2) is 21.0 Å². The van der Waals surface area contributed by atoms with E-state index in [1.54, 1.807) is 0 Å². The van der Waals surface area contributed by atoms with Crippen molar-refractivity contribution < 1.29 is 8.81 Å². The zero-order valence-electron chi connectivity index (χ0n) is 12.2. The molecule has 0 aliphatic heterocycles. The fourth-order valence-electron chi connectivity index (χ4n) is 2.38. The third-order valence-electron chi connectivity index (χ3n) is 3.22. The Bertz CT molecular complexity index is 592. The standard InChI is InChI=1S/C16H21BrFNO/c1-4-5-19-9-15-12(6-10(2)3)13-7-11(17)8-14(18)16(13)20-15/h7-8,10,19H,4-6,9H2,1-3H3. The van der Waals surface area contributed by atoms with Crippen LogP contribution >= 0.6 is 15.9 Å². The first-order chi connectivity index (χ1) is 9.52. The molecule has 1 aromatic carbocycles. The summed E-state index contributed by atoms with van der Waals surface area (Å²) < 4.78 is 20.5. The van der Waals surface area contributed by atoms with Gasteiger partial charge in [0.1, 0.15) is 5.76 Å². The van der Waals surface area contributed by atoms with Crippen LogP contribution in [-0.2, 0) is 13.0 Å². The predicted octanol–water partition coefficient (Wildman–Crippen LogP) is 5.03. The molecular weight excluding hydrogens is 321 g/mol. The Balaban J connectivity index is 2.46.